The number of morpholine rings is 1. The predicted octanol–water partition coefficient (Wildman–Crippen LogP) is 5.29. The Bertz CT molecular complexity index is 1140. The number of carbonyl (C=O) groups is 2. The lowest BCUT2D eigenvalue weighted by molar-refractivity contribution is 0.0303. The Labute approximate surface area is 189 Å². The average molecular weight is 459 g/mol. The van der Waals surface area contributed by atoms with Crippen LogP contribution in [0.3, 0.4) is 0 Å². The third-order valence-electron chi connectivity index (χ3n) is 5.05. The first-order valence-electron chi connectivity index (χ1n) is 9.76. The lowest BCUT2D eigenvalue weighted by atomic mass is 10.1. The van der Waals surface area contributed by atoms with Crippen molar-refractivity contribution in [3.8, 4) is 11.3 Å². The molecule has 0 atom stereocenters. The van der Waals surface area contributed by atoms with Crippen molar-refractivity contribution in [2.75, 3.05) is 31.6 Å². The van der Waals surface area contributed by atoms with Crippen LogP contribution >= 0.6 is 23.2 Å². The van der Waals surface area contributed by atoms with E-state index in [2.05, 4.69) is 5.32 Å². The number of halogens is 2. The van der Waals surface area contributed by atoms with E-state index in [1.54, 1.807) is 41.3 Å². The number of furan rings is 1. The first kappa shape index (κ1) is 21.4. The molecule has 2 heterocycles. The molecule has 0 saturated carbocycles. The summed E-state index contributed by atoms with van der Waals surface area (Å²) in [6.45, 7) is 3.99. The molecule has 4 rings (SSSR count). The summed E-state index contributed by atoms with van der Waals surface area (Å²) in [5, 5.41) is 3.67. The number of ether oxygens (including phenoxy) is 1. The van der Waals surface area contributed by atoms with Gasteiger partial charge >= 0.3 is 0 Å². The molecule has 3 aromatic rings. The molecule has 2 aromatic carbocycles. The van der Waals surface area contributed by atoms with Crippen LogP contribution in [0.15, 0.2) is 52.9 Å². The number of nitrogens with one attached hydrogen (secondary N) is 1. The second kappa shape index (κ2) is 9.14. The molecule has 1 aromatic heterocycles. The Morgan fingerprint density at radius 3 is 2.48 bits per heavy atom. The van der Waals surface area contributed by atoms with Gasteiger partial charge in [-0.2, -0.15) is 0 Å². The van der Waals surface area contributed by atoms with Crippen LogP contribution in [0, 0.1) is 6.92 Å². The van der Waals surface area contributed by atoms with Gasteiger partial charge in [0.1, 0.15) is 5.76 Å². The zero-order chi connectivity index (χ0) is 22.0. The van der Waals surface area contributed by atoms with E-state index in [9.17, 15) is 9.59 Å². The first-order chi connectivity index (χ1) is 14.9. The van der Waals surface area contributed by atoms with Crippen molar-refractivity contribution >= 4 is 40.7 Å². The van der Waals surface area contributed by atoms with E-state index in [4.69, 9.17) is 32.4 Å². The number of rotatable bonds is 4. The van der Waals surface area contributed by atoms with Gasteiger partial charge in [0, 0.05) is 29.2 Å². The fourth-order valence-electron chi connectivity index (χ4n) is 3.25. The number of nitrogens with zero attached hydrogens (tertiary/aromatic N) is 1. The number of hydrogen-bond donors (Lipinski definition) is 1. The first-order valence-corrected chi connectivity index (χ1v) is 10.5. The highest BCUT2D eigenvalue weighted by Gasteiger charge is 2.20. The number of anilines is 1. The molecule has 6 nitrogen and oxygen atoms in total. The molecule has 1 fully saturated rings. The minimum atomic E-state index is -0.470. The quantitative estimate of drug-likeness (QED) is 0.576. The van der Waals surface area contributed by atoms with Gasteiger partial charge in [-0.05, 0) is 48.9 Å². The summed E-state index contributed by atoms with van der Waals surface area (Å²) in [5.74, 6) is 0.0383. The second-order valence-corrected chi connectivity index (χ2v) is 8.00. The smallest absolute Gasteiger partial charge is 0.291 e. The van der Waals surface area contributed by atoms with Crippen LogP contribution in [0.4, 0.5) is 5.69 Å². The lowest BCUT2D eigenvalue weighted by Crippen LogP contribution is -2.40. The molecule has 0 unspecified atom stereocenters. The highest BCUT2D eigenvalue weighted by atomic mass is 35.5. The molecule has 1 N–H and O–H groups in total. The summed E-state index contributed by atoms with van der Waals surface area (Å²) in [5.41, 5.74) is 2.50. The van der Waals surface area contributed by atoms with Crippen LogP contribution in [0.2, 0.25) is 10.0 Å². The molecular weight excluding hydrogens is 439 g/mol. The van der Waals surface area contributed by atoms with Gasteiger partial charge in [0.05, 0.1) is 23.9 Å². The molecular formula is C23H20Cl2N2O4. The average Bonchev–Trinajstić information content (AvgIpc) is 3.28. The summed E-state index contributed by atoms with van der Waals surface area (Å²) in [6, 6.07) is 13.6. The van der Waals surface area contributed by atoms with Crippen molar-refractivity contribution in [1.82, 2.24) is 4.90 Å². The van der Waals surface area contributed by atoms with Crippen LogP contribution in [-0.4, -0.2) is 43.0 Å². The zero-order valence-corrected chi connectivity index (χ0v) is 18.3. The molecule has 8 heteroatoms. The Balaban J connectivity index is 1.51. The van der Waals surface area contributed by atoms with Crippen molar-refractivity contribution in [3.05, 3.63) is 75.5 Å². The lowest BCUT2D eigenvalue weighted by Gasteiger charge is -2.27. The predicted molar refractivity (Wildman–Crippen MR) is 120 cm³/mol. The fraction of sp³-hybridized carbons (Fsp3) is 0.217. The molecule has 31 heavy (non-hydrogen) atoms. The molecule has 1 aliphatic rings. The molecule has 0 bridgehead atoms. The molecule has 0 spiro atoms. The van der Waals surface area contributed by atoms with Gasteiger partial charge in [0.2, 0.25) is 0 Å². The van der Waals surface area contributed by atoms with E-state index < -0.39 is 5.91 Å². The summed E-state index contributed by atoms with van der Waals surface area (Å²) in [4.78, 5) is 27.1. The van der Waals surface area contributed by atoms with E-state index in [1.807, 2.05) is 19.1 Å². The Hall–Kier alpha value is -2.80. The number of carbonyl (C=O) groups excluding carboxylic acids is 2. The highest BCUT2D eigenvalue weighted by molar-refractivity contribution is 6.34. The molecule has 2 amide bonds. The number of benzene rings is 2. The molecule has 0 radical (unpaired) electrons. The molecule has 1 aliphatic heterocycles. The number of amides is 2. The van der Waals surface area contributed by atoms with Crippen LogP contribution in [0.5, 0.6) is 0 Å². The van der Waals surface area contributed by atoms with Crippen LogP contribution in [0.25, 0.3) is 11.3 Å². The Kier molecular flexibility index (Phi) is 6.32. The van der Waals surface area contributed by atoms with Gasteiger partial charge in [0.15, 0.2) is 5.76 Å². The Morgan fingerprint density at radius 1 is 0.968 bits per heavy atom. The largest absolute Gasteiger partial charge is 0.451 e. The monoisotopic (exact) mass is 458 g/mol. The fourth-order valence-corrected chi connectivity index (χ4v) is 3.59. The standard InChI is InChI=1S/C23H20Cl2N2O4/c1-14-2-3-15(12-18(14)25)20-6-7-21(31-20)22(28)26-19-13-16(4-5-17(19)24)23(29)27-8-10-30-11-9-27/h2-7,12-13H,8-11H2,1H3,(H,26,28). The Morgan fingerprint density at radius 2 is 1.74 bits per heavy atom. The number of hydrogen-bond acceptors (Lipinski definition) is 4. The summed E-state index contributed by atoms with van der Waals surface area (Å²) in [6.07, 6.45) is 0. The minimum Gasteiger partial charge on any atom is -0.451 e. The maximum Gasteiger partial charge on any atom is 0.291 e. The SMILES string of the molecule is Cc1ccc(-c2ccc(C(=O)Nc3cc(C(=O)N4CCOCC4)ccc3Cl)o2)cc1Cl. The van der Waals surface area contributed by atoms with Gasteiger partial charge in [-0.1, -0.05) is 35.3 Å². The maximum atomic E-state index is 12.7. The van der Waals surface area contributed by atoms with Crippen LogP contribution < -0.4 is 5.32 Å². The third-order valence-corrected chi connectivity index (χ3v) is 5.78. The van der Waals surface area contributed by atoms with Crippen LogP contribution in [-0.2, 0) is 4.74 Å². The van der Waals surface area contributed by atoms with Gasteiger partial charge in [0.25, 0.3) is 11.8 Å². The van der Waals surface area contributed by atoms with E-state index in [-0.39, 0.29) is 11.7 Å². The number of aryl methyl sites for hydroxylation is 1. The van der Waals surface area contributed by atoms with E-state index >= 15 is 0 Å². The molecule has 160 valence electrons. The van der Waals surface area contributed by atoms with Gasteiger partial charge in [-0.15, -0.1) is 0 Å². The van der Waals surface area contributed by atoms with Gasteiger partial charge in [-0.3, -0.25) is 9.59 Å². The minimum absolute atomic E-state index is 0.118. The van der Waals surface area contributed by atoms with Crippen molar-refractivity contribution in [3.63, 3.8) is 0 Å². The maximum absolute atomic E-state index is 12.7. The topological polar surface area (TPSA) is 71.8 Å². The zero-order valence-electron chi connectivity index (χ0n) is 16.8. The molecule has 0 aliphatic carbocycles. The summed E-state index contributed by atoms with van der Waals surface area (Å²) in [7, 11) is 0. The van der Waals surface area contributed by atoms with Crippen LogP contribution in [0.1, 0.15) is 26.5 Å². The van der Waals surface area contributed by atoms with Crippen molar-refractivity contribution in [1.29, 1.82) is 0 Å². The highest BCUT2D eigenvalue weighted by Crippen LogP contribution is 2.28. The van der Waals surface area contributed by atoms with Gasteiger partial charge < -0.3 is 19.4 Å². The van der Waals surface area contributed by atoms with E-state index in [0.29, 0.717) is 53.4 Å². The van der Waals surface area contributed by atoms with E-state index in [0.717, 1.165) is 11.1 Å². The molecule has 1 saturated heterocycles. The van der Waals surface area contributed by atoms with Gasteiger partial charge in [-0.25, -0.2) is 0 Å². The third kappa shape index (κ3) is 4.77. The van der Waals surface area contributed by atoms with E-state index in [1.165, 1.54) is 0 Å². The second-order valence-electron chi connectivity index (χ2n) is 7.18. The van der Waals surface area contributed by atoms with Crippen molar-refractivity contribution < 1.29 is 18.7 Å². The normalized spacial score (nSPS) is 13.8. The summed E-state index contributed by atoms with van der Waals surface area (Å²) >= 11 is 12.4. The van der Waals surface area contributed by atoms with Crippen molar-refractivity contribution in [2.45, 2.75) is 6.92 Å². The van der Waals surface area contributed by atoms with Crippen molar-refractivity contribution in [2.24, 2.45) is 0 Å². The summed E-state index contributed by atoms with van der Waals surface area (Å²) < 4.78 is 11.0.